The van der Waals surface area contributed by atoms with Crippen LogP contribution in [0.3, 0.4) is 0 Å². The number of aryl methyl sites for hydroxylation is 1. The number of hydrogen-bond acceptors (Lipinski definition) is 9. The molecule has 4 aliphatic rings. The summed E-state index contributed by atoms with van der Waals surface area (Å²) in [4.78, 5) is 12.3. The highest BCUT2D eigenvalue weighted by molar-refractivity contribution is 7.92. The van der Waals surface area contributed by atoms with E-state index in [2.05, 4.69) is 45.6 Å². The van der Waals surface area contributed by atoms with Crippen LogP contribution < -0.4 is 15.4 Å². The minimum Gasteiger partial charge on any atom is -0.489 e. The van der Waals surface area contributed by atoms with Gasteiger partial charge >= 0.3 is 0 Å². The molecule has 0 radical (unpaired) electrons. The summed E-state index contributed by atoms with van der Waals surface area (Å²) in [6.45, 7) is 11.3. The molecule has 0 bridgehead atoms. The maximum absolute atomic E-state index is 13.1. The third kappa shape index (κ3) is 7.72. The van der Waals surface area contributed by atoms with Crippen LogP contribution >= 0.6 is 11.6 Å². The second-order valence-electron chi connectivity index (χ2n) is 15.7. The molecule has 0 amide bonds. The molecule has 7 rings (SSSR count). The van der Waals surface area contributed by atoms with Crippen LogP contribution in [0.15, 0.2) is 53.6 Å². The zero-order chi connectivity index (χ0) is 36.6. The average Bonchev–Trinajstić information content (AvgIpc) is 3.06. The number of nitrogens with one attached hydrogen (secondary N) is 2. The summed E-state index contributed by atoms with van der Waals surface area (Å²) in [6.07, 6.45) is 15.4. The van der Waals surface area contributed by atoms with Crippen molar-refractivity contribution in [2.24, 2.45) is 11.8 Å². The number of nitrogens with zero attached hydrogens (tertiary/aromatic N) is 3. The molecule has 52 heavy (non-hydrogen) atoms. The number of halogens is 1. The van der Waals surface area contributed by atoms with Crippen LogP contribution in [0.2, 0.25) is 5.02 Å². The molecule has 1 saturated heterocycles. The molecule has 0 spiro atoms. The van der Waals surface area contributed by atoms with Crippen LogP contribution in [0.25, 0.3) is 5.57 Å². The van der Waals surface area contributed by atoms with Gasteiger partial charge in [-0.05, 0) is 132 Å². The van der Waals surface area contributed by atoms with Crippen LogP contribution in [0, 0.1) is 18.8 Å². The minimum absolute atomic E-state index is 0.0475. The molecule has 2 aromatic carbocycles. The van der Waals surface area contributed by atoms with Gasteiger partial charge in [-0.2, -0.15) is 4.98 Å². The zero-order valence-corrected chi connectivity index (χ0v) is 32.8. The number of para-hydroxylation sites is 1. The molecular formula is C41H54ClN5O4S. The first-order valence-corrected chi connectivity index (χ1v) is 21.2. The first-order valence-electron chi connectivity index (χ1n) is 19.3. The van der Waals surface area contributed by atoms with E-state index in [0.29, 0.717) is 35.6 Å². The Morgan fingerprint density at radius 2 is 1.65 bits per heavy atom. The van der Waals surface area contributed by atoms with E-state index < -0.39 is 15.1 Å². The predicted molar refractivity (Wildman–Crippen MR) is 210 cm³/mol. The van der Waals surface area contributed by atoms with Gasteiger partial charge in [0.15, 0.2) is 15.7 Å². The Labute approximate surface area is 314 Å². The van der Waals surface area contributed by atoms with E-state index in [1.54, 1.807) is 38.1 Å². The molecule has 2 unspecified atom stereocenters. The van der Waals surface area contributed by atoms with Crippen molar-refractivity contribution in [3.8, 4) is 5.75 Å². The zero-order valence-electron chi connectivity index (χ0n) is 31.2. The first-order chi connectivity index (χ1) is 25.0. The Bertz CT molecular complexity index is 1890. The normalized spacial score (nSPS) is 22.2. The first kappa shape index (κ1) is 37.1. The van der Waals surface area contributed by atoms with Gasteiger partial charge in [-0.3, -0.25) is 4.90 Å². The molecule has 2 atom stereocenters. The summed E-state index contributed by atoms with van der Waals surface area (Å²) in [5.74, 6) is 2.83. The van der Waals surface area contributed by atoms with Gasteiger partial charge < -0.3 is 20.1 Å². The third-order valence-electron chi connectivity index (χ3n) is 11.6. The van der Waals surface area contributed by atoms with Crippen molar-refractivity contribution >= 4 is 50.2 Å². The lowest BCUT2D eigenvalue weighted by atomic mass is 9.69. The maximum Gasteiger partial charge on any atom is 0.229 e. The highest BCUT2D eigenvalue weighted by Crippen LogP contribution is 2.48. The molecule has 2 N–H and O–H groups in total. The van der Waals surface area contributed by atoms with Crippen molar-refractivity contribution < 1.29 is 17.9 Å². The SMILES string of the molecule is Cc1cc(Nc2ncc(Cl)c(Nc3ccccc3S(=O)(=O)C(C)C)n2)c(OC(C)C)cc1C1=CC(C2CCC2)N(C2CCOCC2)C(C2CCC2)C1. The van der Waals surface area contributed by atoms with Gasteiger partial charge in [0.2, 0.25) is 5.95 Å². The molecule has 2 aliphatic heterocycles. The lowest BCUT2D eigenvalue weighted by Crippen LogP contribution is -2.58. The summed E-state index contributed by atoms with van der Waals surface area (Å²) in [5, 5.41) is 6.25. The summed E-state index contributed by atoms with van der Waals surface area (Å²) < 4.78 is 38.5. The largest absolute Gasteiger partial charge is 0.489 e. The van der Waals surface area contributed by atoms with Crippen molar-refractivity contribution in [1.29, 1.82) is 0 Å². The Morgan fingerprint density at radius 1 is 0.942 bits per heavy atom. The van der Waals surface area contributed by atoms with Crippen molar-refractivity contribution in [2.75, 3.05) is 23.8 Å². The summed E-state index contributed by atoms with van der Waals surface area (Å²) in [5.41, 5.74) is 5.03. The molecular weight excluding hydrogens is 694 g/mol. The van der Waals surface area contributed by atoms with Gasteiger partial charge in [-0.15, -0.1) is 0 Å². The molecule has 9 nitrogen and oxygen atoms in total. The van der Waals surface area contributed by atoms with Crippen LogP contribution in [-0.2, 0) is 14.6 Å². The van der Waals surface area contributed by atoms with Crippen molar-refractivity contribution in [3.05, 3.63) is 64.8 Å². The number of benzene rings is 2. The number of sulfone groups is 1. The topological polar surface area (TPSA) is 106 Å². The van der Waals surface area contributed by atoms with Crippen molar-refractivity contribution in [2.45, 2.75) is 127 Å². The molecule has 1 aromatic heterocycles. The highest BCUT2D eigenvalue weighted by atomic mass is 35.5. The van der Waals surface area contributed by atoms with Gasteiger partial charge in [0.05, 0.1) is 33.8 Å². The van der Waals surface area contributed by atoms with E-state index in [-0.39, 0.29) is 16.0 Å². The van der Waals surface area contributed by atoms with E-state index in [9.17, 15) is 8.42 Å². The molecule has 2 saturated carbocycles. The van der Waals surface area contributed by atoms with Crippen molar-refractivity contribution in [3.63, 3.8) is 0 Å². The quantitative estimate of drug-likeness (QED) is 0.187. The van der Waals surface area contributed by atoms with E-state index in [0.717, 1.165) is 55.7 Å². The Hall–Kier alpha value is -3.18. The minimum atomic E-state index is -3.55. The van der Waals surface area contributed by atoms with Crippen LogP contribution in [0.5, 0.6) is 5.75 Å². The fourth-order valence-electron chi connectivity index (χ4n) is 8.32. The molecule has 3 fully saturated rings. The second kappa shape index (κ2) is 15.7. The van der Waals surface area contributed by atoms with Crippen LogP contribution in [0.4, 0.5) is 23.1 Å². The van der Waals surface area contributed by atoms with E-state index >= 15 is 0 Å². The van der Waals surface area contributed by atoms with E-state index in [4.69, 9.17) is 26.1 Å². The summed E-state index contributed by atoms with van der Waals surface area (Å²) in [7, 11) is -3.55. The fraction of sp³-hybridized carbons (Fsp3) is 0.561. The highest BCUT2D eigenvalue weighted by Gasteiger charge is 2.45. The molecule has 3 heterocycles. The fourth-order valence-corrected chi connectivity index (χ4v) is 9.66. The lowest BCUT2D eigenvalue weighted by molar-refractivity contribution is -0.0431. The molecule has 280 valence electrons. The monoisotopic (exact) mass is 747 g/mol. The van der Waals surface area contributed by atoms with Gasteiger partial charge in [-0.25, -0.2) is 13.4 Å². The second-order valence-corrected chi connectivity index (χ2v) is 18.6. The molecule has 3 aromatic rings. The van der Waals surface area contributed by atoms with Crippen molar-refractivity contribution in [1.82, 2.24) is 14.9 Å². The van der Waals surface area contributed by atoms with Gasteiger partial charge in [0, 0.05) is 31.3 Å². The van der Waals surface area contributed by atoms with Gasteiger partial charge in [-0.1, -0.05) is 42.7 Å². The maximum atomic E-state index is 13.1. The lowest BCUT2D eigenvalue weighted by Gasteiger charge is -2.54. The standard InChI is InChI=1S/C41H54ClN5O4S/c1-25(2)51-38-23-32(30-21-36(28-10-8-11-28)47(31-16-18-50-19-17-31)37(22-30)29-12-9-13-29)27(5)20-35(38)45-41-43-24-33(42)40(46-41)44-34-14-6-7-15-39(34)52(48,49)26(3)4/h6-7,14-15,20-21,23-26,28-29,31,36-37H,8-13,16-19,22H2,1-5H3,(H2,43,44,45,46). The van der Waals surface area contributed by atoms with Gasteiger partial charge in [0.1, 0.15) is 10.8 Å². The Morgan fingerprint density at radius 3 is 2.31 bits per heavy atom. The Balaban J connectivity index is 1.21. The van der Waals surface area contributed by atoms with E-state index in [1.807, 2.05) is 13.8 Å². The average molecular weight is 748 g/mol. The number of ether oxygens (including phenoxy) is 2. The smallest absolute Gasteiger partial charge is 0.229 e. The predicted octanol–water partition coefficient (Wildman–Crippen LogP) is 9.50. The number of anilines is 4. The Kier molecular flexibility index (Phi) is 11.2. The van der Waals surface area contributed by atoms with E-state index in [1.165, 1.54) is 61.4 Å². The third-order valence-corrected chi connectivity index (χ3v) is 14.0. The van der Waals surface area contributed by atoms with Crippen LogP contribution in [0.1, 0.15) is 96.6 Å². The number of aromatic nitrogens is 2. The molecule has 11 heteroatoms. The van der Waals surface area contributed by atoms with Gasteiger partial charge in [0.25, 0.3) is 0 Å². The number of rotatable bonds is 12. The summed E-state index contributed by atoms with van der Waals surface area (Å²) in [6, 6.07) is 12.8. The summed E-state index contributed by atoms with van der Waals surface area (Å²) >= 11 is 6.56. The number of hydrogen-bond donors (Lipinski definition) is 2. The molecule has 2 aliphatic carbocycles. The van der Waals surface area contributed by atoms with Crippen LogP contribution in [-0.4, -0.2) is 66.0 Å².